The fourth-order valence-corrected chi connectivity index (χ4v) is 8.05. The third-order valence-corrected chi connectivity index (χ3v) is 9.92. The molecule has 3 aromatic rings. The lowest BCUT2D eigenvalue weighted by Gasteiger charge is -2.29. The topological polar surface area (TPSA) is 88.3 Å². The summed E-state index contributed by atoms with van der Waals surface area (Å²) >= 11 is 14.9. The van der Waals surface area contributed by atoms with Crippen molar-refractivity contribution < 1.29 is 34.8 Å². The molecule has 1 atom stereocenters. The molecule has 3 N–H and O–H groups in total. The molecule has 17 heteroatoms. The van der Waals surface area contributed by atoms with E-state index in [4.69, 9.17) is 28.3 Å². The summed E-state index contributed by atoms with van der Waals surface area (Å²) in [4.78, 5) is 4.66. The first-order valence-corrected chi connectivity index (χ1v) is 16.1. The number of aromatic nitrogens is 1. The van der Waals surface area contributed by atoms with E-state index in [2.05, 4.69) is 10.4 Å². The highest BCUT2D eigenvalue weighted by Crippen LogP contribution is 2.46. The second-order valence-electron chi connectivity index (χ2n) is 9.89. The van der Waals surface area contributed by atoms with Crippen LogP contribution in [-0.4, -0.2) is 29.9 Å². The van der Waals surface area contributed by atoms with E-state index in [1.54, 1.807) is 18.2 Å². The maximum absolute atomic E-state index is 13.6. The number of nitrogens with zero attached hydrogens (tertiary/aromatic N) is 2. The zero-order valence-electron chi connectivity index (χ0n) is 21.9. The second-order valence-corrected chi connectivity index (χ2v) is 15.1. The molecule has 0 bridgehead atoms. The van der Waals surface area contributed by atoms with E-state index < -0.39 is 50.4 Å². The quantitative estimate of drug-likeness (QED) is 0.193. The number of rotatable bonds is 7. The van der Waals surface area contributed by atoms with Crippen molar-refractivity contribution in [1.29, 1.82) is 0 Å². The van der Waals surface area contributed by atoms with Gasteiger partial charge in [0, 0.05) is 17.0 Å². The number of hydrogen-bond donors (Lipinski definition) is 2. The van der Waals surface area contributed by atoms with E-state index in [1.807, 2.05) is 13.8 Å². The van der Waals surface area contributed by atoms with Crippen LogP contribution in [0, 0.1) is 0 Å². The Labute approximate surface area is 255 Å². The second kappa shape index (κ2) is 11.5. The van der Waals surface area contributed by atoms with Crippen molar-refractivity contribution in [3.63, 3.8) is 0 Å². The van der Waals surface area contributed by atoms with Gasteiger partial charge in [-0.2, -0.15) is 26.3 Å². The van der Waals surface area contributed by atoms with Gasteiger partial charge in [0.1, 0.15) is 0 Å². The summed E-state index contributed by atoms with van der Waals surface area (Å²) in [5, 5.41) is 7.50. The van der Waals surface area contributed by atoms with Gasteiger partial charge in [-0.1, -0.05) is 54.5 Å². The fraction of sp³-hybridized carbons (Fsp3) is 0.320. The predicted octanol–water partition coefficient (Wildman–Crippen LogP) is 8.07. The van der Waals surface area contributed by atoms with Gasteiger partial charge in [0.05, 0.1) is 42.4 Å². The normalized spacial score (nSPS) is 18.2. The zero-order valence-corrected chi connectivity index (χ0v) is 25.8. The Morgan fingerprint density at radius 3 is 2.12 bits per heavy atom. The van der Waals surface area contributed by atoms with Crippen LogP contribution in [0.25, 0.3) is 16.8 Å². The van der Waals surface area contributed by atoms with Gasteiger partial charge in [0.25, 0.3) is 0 Å². The predicted molar refractivity (Wildman–Crippen MR) is 155 cm³/mol. The Morgan fingerprint density at radius 1 is 1.02 bits per heavy atom. The molecule has 228 valence electrons. The van der Waals surface area contributed by atoms with Crippen molar-refractivity contribution in [1.82, 2.24) is 10.4 Å². The number of thioether (sulfide) groups is 1. The van der Waals surface area contributed by atoms with E-state index >= 15 is 0 Å². The molecule has 0 saturated heterocycles. The van der Waals surface area contributed by atoms with Crippen LogP contribution < -0.4 is 15.6 Å². The number of benzene rings is 2. The molecule has 0 aliphatic carbocycles. The number of nitrogens with one attached hydrogen (secondary N) is 1. The molecule has 0 spiro atoms. The maximum atomic E-state index is 13.6. The van der Waals surface area contributed by atoms with Crippen LogP contribution in [0.2, 0.25) is 10.0 Å². The number of halogens is 8. The van der Waals surface area contributed by atoms with Gasteiger partial charge in [0.2, 0.25) is 15.2 Å². The molecule has 1 unspecified atom stereocenters. The van der Waals surface area contributed by atoms with E-state index in [-0.39, 0.29) is 27.0 Å². The van der Waals surface area contributed by atoms with Gasteiger partial charge in [-0.05, 0) is 48.4 Å². The van der Waals surface area contributed by atoms with Gasteiger partial charge in [-0.25, -0.2) is 24.0 Å². The summed E-state index contributed by atoms with van der Waals surface area (Å²) in [7, 11) is -4.28. The smallest absolute Gasteiger partial charge is 0.257 e. The minimum Gasteiger partial charge on any atom is -0.257 e. The van der Waals surface area contributed by atoms with Crippen LogP contribution >= 0.6 is 46.3 Å². The Hall–Kier alpha value is -2.01. The first-order chi connectivity index (χ1) is 19.2. The maximum Gasteiger partial charge on any atom is 0.416 e. The lowest BCUT2D eigenvalue weighted by Crippen LogP contribution is -2.51. The molecule has 4 rings (SSSR count). The molecule has 6 nitrogen and oxygen atoms in total. The van der Waals surface area contributed by atoms with E-state index in [9.17, 15) is 34.8 Å². The molecule has 2 aromatic carbocycles. The number of sulfonamides is 1. The first-order valence-electron chi connectivity index (χ1n) is 11.9. The first kappa shape index (κ1) is 32.9. The summed E-state index contributed by atoms with van der Waals surface area (Å²) in [5.41, 5.74) is -1.49. The van der Waals surface area contributed by atoms with Gasteiger partial charge in [0.15, 0.2) is 0 Å². The number of anilines is 1. The molecule has 0 amide bonds. The summed E-state index contributed by atoms with van der Waals surface area (Å²) in [6.07, 6.45) is -8.99. The number of hydrazine groups is 1. The molecular weight excluding hydrogens is 669 g/mol. The van der Waals surface area contributed by atoms with Crippen LogP contribution in [-0.2, 0) is 22.4 Å². The van der Waals surface area contributed by atoms with Gasteiger partial charge in [-0.15, -0.1) is 11.8 Å². The lowest BCUT2D eigenvalue weighted by molar-refractivity contribution is -0.143. The Kier molecular flexibility index (Phi) is 9.00. The minimum atomic E-state index is -5.11. The van der Waals surface area contributed by atoms with Crippen molar-refractivity contribution >= 4 is 67.0 Å². The van der Waals surface area contributed by atoms with E-state index in [0.29, 0.717) is 28.4 Å². The molecule has 0 radical (unpaired) electrons. The largest absolute Gasteiger partial charge is 0.416 e. The highest BCUT2D eigenvalue weighted by molar-refractivity contribution is 8.01. The Bertz CT molecular complexity index is 1630. The van der Waals surface area contributed by atoms with Crippen LogP contribution in [0.1, 0.15) is 37.5 Å². The minimum absolute atomic E-state index is 0.000980. The third-order valence-electron chi connectivity index (χ3n) is 5.94. The Morgan fingerprint density at radius 2 is 1.62 bits per heavy atom. The lowest BCUT2D eigenvalue weighted by atomic mass is 9.88. The summed E-state index contributed by atoms with van der Waals surface area (Å²) < 4.78 is 107. The van der Waals surface area contributed by atoms with Crippen LogP contribution in [0.4, 0.5) is 31.5 Å². The number of nitrogens with two attached hydrogens (primary N) is 1. The zero-order chi connectivity index (χ0) is 31.4. The number of primary sulfonamides is 1. The van der Waals surface area contributed by atoms with Crippen molar-refractivity contribution in [3.8, 4) is 11.3 Å². The van der Waals surface area contributed by atoms with E-state index in [1.165, 1.54) is 41.2 Å². The average Bonchev–Trinajstić information content (AvgIpc) is 3.38. The van der Waals surface area contributed by atoms with Crippen molar-refractivity contribution in [2.75, 3.05) is 10.8 Å². The Balaban J connectivity index is 1.90. The monoisotopic (exact) mass is 690 g/mol. The third kappa shape index (κ3) is 7.37. The van der Waals surface area contributed by atoms with Gasteiger partial charge in [-0.3, -0.25) is 5.01 Å². The summed E-state index contributed by atoms with van der Waals surface area (Å²) in [6.45, 7) is 5.21. The molecule has 0 fully saturated rings. The molecule has 1 aliphatic heterocycles. The number of thiazole rings is 1. The molecule has 2 heterocycles. The molecular formula is C25H22Cl2F6N4O2S3. The molecule has 0 saturated carbocycles. The van der Waals surface area contributed by atoms with Gasteiger partial charge >= 0.3 is 12.4 Å². The average molecular weight is 692 g/mol. The molecule has 1 aromatic heterocycles. The van der Waals surface area contributed by atoms with Crippen molar-refractivity contribution in [2.45, 2.75) is 48.1 Å². The van der Waals surface area contributed by atoms with Gasteiger partial charge < -0.3 is 0 Å². The number of alkyl halides is 6. The van der Waals surface area contributed by atoms with E-state index in [0.717, 1.165) is 4.21 Å². The van der Waals surface area contributed by atoms with Crippen molar-refractivity contribution in [2.24, 2.45) is 5.14 Å². The van der Waals surface area contributed by atoms with Crippen molar-refractivity contribution in [3.05, 3.63) is 69.3 Å². The highest BCUT2D eigenvalue weighted by atomic mass is 35.5. The highest BCUT2D eigenvalue weighted by Gasteiger charge is 2.44. The summed E-state index contributed by atoms with van der Waals surface area (Å²) in [5.74, 6) is -0.849. The molecule has 1 aliphatic rings. The molecule has 42 heavy (non-hydrogen) atoms. The van der Waals surface area contributed by atoms with Crippen LogP contribution in [0.15, 0.2) is 46.8 Å². The summed E-state index contributed by atoms with van der Waals surface area (Å²) in [6, 6.07) is 5.97. The van der Waals surface area contributed by atoms with Crippen LogP contribution in [0.3, 0.4) is 0 Å². The SMILES string of the molecule is CC(C)Sc1sc(N2C=C(c3cc(C(F)(F)F)cc(C(F)(F)F)c3)C(C)(CS(N)(=O)=O)N2)nc1-c1ccc(Cl)c(Cl)c1. The standard InChI is InChI=1S/C25H22Cl2F6N4O2S3/c1-12(2)40-21-20(13-4-5-18(26)19(27)8-13)35-22(41-21)37-10-17(23(3,36-37)11-42(34,38)39)14-6-15(24(28,29)30)9-16(7-14)25(31,32)33/h4-10,12,36H,11H2,1-3H3,(H2,34,38,39). The van der Waals surface area contributed by atoms with Crippen LogP contribution in [0.5, 0.6) is 0 Å². The number of hydrogen-bond acceptors (Lipinski definition) is 7. The fourth-order valence-electron chi connectivity index (χ4n) is 4.27.